The summed E-state index contributed by atoms with van der Waals surface area (Å²) in [6.45, 7) is 7.59. The van der Waals surface area contributed by atoms with Crippen LogP contribution in [0.5, 0.6) is 0 Å². The molecule has 1 aliphatic rings. The monoisotopic (exact) mass is 329 g/mol. The third-order valence-electron chi connectivity index (χ3n) is 4.40. The lowest BCUT2D eigenvalue weighted by atomic mass is 10.2. The smallest absolute Gasteiger partial charge is 0.321 e. The van der Waals surface area contributed by atoms with Gasteiger partial charge in [0, 0.05) is 38.4 Å². The maximum Gasteiger partial charge on any atom is 0.321 e. The Bertz CT molecular complexity index is 741. The molecule has 2 heterocycles. The summed E-state index contributed by atoms with van der Waals surface area (Å²) in [6, 6.07) is 5.49. The van der Waals surface area contributed by atoms with Gasteiger partial charge in [0.15, 0.2) is 0 Å². The van der Waals surface area contributed by atoms with Gasteiger partial charge >= 0.3 is 6.03 Å². The van der Waals surface area contributed by atoms with Crippen LogP contribution in [0.4, 0.5) is 10.5 Å². The topological polar surface area (TPSA) is 81.6 Å². The number of hydrogen-bond donors (Lipinski definition) is 2. The molecular formula is C17H23N5O2. The summed E-state index contributed by atoms with van der Waals surface area (Å²) < 4.78 is 0. The molecule has 2 N–H and O–H groups in total. The molecule has 1 saturated heterocycles. The maximum absolute atomic E-state index is 12.4. The fraction of sp³-hybridized carbons (Fsp3) is 0.471. The number of urea groups is 1. The van der Waals surface area contributed by atoms with Crippen molar-refractivity contribution in [2.45, 2.75) is 13.8 Å². The first-order valence-corrected chi connectivity index (χ1v) is 8.21. The number of piperazine rings is 1. The van der Waals surface area contributed by atoms with Gasteiger partial charge in [0.05, 0.1) is 29.0 Å². The minimum Gasteiger partial charge on any atom is -0.395 e. The van der Waals surface area contributed by atoms with Gasteiger partial charge in [0.2, 0.25) is 0 Å². The summed E-state index contributed by atoms with van der Waals surface area (Å²) in [5, 5.41) is 11.9. The van der Waals surface area contributed by atoms with E-state index in [1.165, 1.54) is 0 Å². The lowest BCUT2D eigenvalue weighted by Gasteiger charge is -2.34. The van der Waals surface area contributed by atoms with Gasteiger partial charge in [-0.1, -0.05) is 0 Å². The number of amides is 2. The number of β-amino-alcohol motifs (C(OH)–C–C–N with tert-alkyl or cyclic N) is 1. The fourth-order valence-corrected chi connectivity index (χ4v) is 2.83. The first-order chi connectivity index (χ1) is 11.6. The van der Waals surface area contributed by atoms with Crippen molar-refractivity contribution >= 4 is 22.8 Å². The second-order valence-electron chi connectivity index (χ2n) is 6.08. The zero-order valence-electron chi connectivity index (χ0n) is 14.1. The van der Waals surface area contributed by atoms with Gasteiger partial charge in [-0.15, -0.1) is 0 Å². The minimum absolute atomic E-state index is 0.102. The summed E-state index contributed by atoms with van der Waals surface area (Å²) in [4.78, 5) is 25.4. The van der Waals surface area contributed by atoms with Crippen LogP contribution in [-0.4, -0.2) is 70.2 Å². The molecule has 24 heavy (non-hydrogen) atoms. The number of carbonyl (C=O) groups excluding carboxylic acids is 1. The molecule has 128 valence electrons. The van der Waals surface area contributed by atoms with Crippen molar-refractivity contribution in [3.8, 4) is 0 Å². The van der Waals surface area contributed by atoms with Gasteiger partial charge in [-0.05, 0) is 32.0 Å². The van der Waals surface area contributed by atoms with E-state index in [1.807, 2.05) is 32.0 Å². The van der Waals surface area contributed by atoms with Crippen LogP contribution >= 0.6 is 0 Å². The van der Waals surface area contributed by atoms with Crippen molar-refractivity contribution in [3.63, 3.8) is 0 Å². The van der Waals surface area contributed by atoms with Crippen LogP contribution in [-0.2, 0) is 0 Å². The van der Waals surface area contributed by atoms with Crippen LogP contribution in [0.2, 0.25) is 0 Å². The number of benzene rings is 1. The predicted molar refractivity (Wildman–Crippen MR) is 93.1 cm³/mol. The van der Waals surface area contributed by atoms with E-state index in [0.717, 1.165) is 41.2 Å². The van der Waals surface area contributed by atoms with Crippen LogP contribution in [0, 0.1) is 13.8 Å². The number of carbonyl (C=O) groups is 1. The predicted octanol–water partition coefficient (Wildman–Crippen LogP) is 1.39. The first-order valence-electron chi connectivity index (χ1n) is 8.21. The number of aryl methyl sites for hydroxylation is 2. The molecule has 0 radical (unpaired) electrons. The number of nitrogens with zero attached hydrogens (tertiary/aromatic N) is 4. The van der Waals surface area contributed by atoms with E-state index in [1.54, 1.807) is 4.90 Å². The molecule has 7 nitrogen and oxygen atoms in total. The van der Waals surface area contributed by atoms with Crippen LogP contribution in [0.25, 0.3) is 11.0 Å². The SMILES string of the molecule is Cc1nc2ccc(NC(=O)N3CCN(CCO)CC3)cc2nc1C. The normalized spacial score (nSPS) is 15.7. The number of anilines is 1. The van der Waals surface area contributed by atoms with Crippen molar-refractivity contribution in [1.29, 1.82) is 0 Å². The van der Waals surface area contributed by atoms with Gasteiger partial charge in [0.25, 0.3) is 0 Å². The average Bonchev–Trinajstić information content (AvgIpc) is 2.57. The molecule has 0 aliphatic carbocycles. The molecule has 1 aliphatic heterocycles. The molecule has 3 rings (SSSR count). The van der Waals surface area contributed by atoms with Crippen LogP contribution in [0.15, 0.2) is 18.2 Å². The number of nitrogens with one attached hydrogen (secondary N) is 1. The Balaban J connectivity index is 1.66. The fourth-order valence-electron chi connectivity index (χ4n) is 2.83. The van der Waals surface area contributed by atoms with Gasteiger partial charge < -0.3 is 15.3 Å². The molecule has 1 aromatic carbocycles. The van der Waals surface area contributed by atoms with E-state index in [9.17, 15) is 4.79 Å². The maximum atomic E-state index is 12.4. The molecule has 2 amide bonds. The molecule has 0 bridgehead atoms. The summed E-state index contributed by atoms with van der Waals surface area (Å²) in [6.07, 6.45) is 0. The van der Waals surface area contributed by atoms with E-state index in [0.29, 0.717) is 19.6 Å². The highest BCUT2D eigenvalue weighted by atomic mass is 16.3. The minimum atomic E-state index is -0.102. The Hall–Kier alpha value is -2.25. The third kappa shape index (κ3) is 3.63. The van der Waals surface area contributed by atoms with Crippen LogP contribution < -0.4 is 5.32 Å². The van der Waals surface area contributed by atoms with Gasteiger partial charge in [-0.2, -0.15) is 0 Å². The summed E-state index contributed by atoms with van der Waals surface area (Å²) in [7, 11) is 0. The van der Waals surface area contributed by atoms with Crippen molar-refractivity contribution in [2.75, 3.05) is 44.6 Å². The molecular weight excluding hydrogens is 306 g/mol. The molecule has 7 heteroatoms. The molecule has 0 atom stereocenters. The number of hydrogen-bond acceptors (Lipinski definition) is 5. The van der Waals surface area contributed by atoms with Gasteiger partial charge in [0.1, 0.15) is 0 Å². The second-order valence-corrected chi connectivity index (χ2v) is 6.08. The highest BCUT2D eigenvalue weighted by Gasteiger charge is 2.20. The van der Waals surface area contributed by atoms with E-state index < -0.39 is 0 Å². The number of fused-ring (bicyclic) bond motifs is 1. The highest BCUT2D eigenvalue weighted by Crippen LogP contribution is 2.18. The Morgan fingerprint density at radius 2 is 1.79 bits per heavy atom. The Labute approximate surface area is 141 Å². The van der Waals surface area contributed by atoms with Gasteiger partial charge in [-0.3, -0.25) is 4.90 Å². The third-order valence-corrected chi connectivity index (χ3v) is 4.40. The van der Waals surface area contributed by atoms with Crippen molar-refractivity contribution < 1.29 is 9.90 Å². The van der Waals surface area contributed by atoms with Crippen LogP contribution in [0.3, 0.4) is 0 Å². The van der Waals surface area contributed by atoms with E-state index >= 15 is 0 Å². The summed E-state index contributed by atoms with van der Waals surface area (Å²) >= 11 is 0. The zero-order chi connectivity index (χ0) is 17.1. The number of aliphatic hydroxyl groups is 1. The van der Waals surface area contributed by atoms with E-state index in [-0.39, 0.29) is 12.6 Å². The zero-order valence-corrected chi connectivity index (χ0v) is 14.1. The lowest BCUT2D eigenvalue weighted by molar-refractivity contribution is 0.127. The van der Waals surface area contributed by atoms with Crippen molar-refractivity contribution in [1.82, 2.24) is 19.8 Å². The molecule has 0 spiro atoms. The number of rotatable bonds is 3. The van der Waals surface area contributed by atoms with E-state index in [2.05, 4.69) is 20.2 Å². The van der Waals surface area contributed by atoms with Gasteiger partial charge in [-0.25, -0.2) is 14.8 Å². The summed E-state index contributed by atoms with van der Waals surface area (Å²) in [5.74, 6) is 0. The average molecular weight is 329 g/mol. The molecule has 1 aromatic heterocycles. The van der Waals surface area contributed by atoms with Crippen molar-refractivity contribution in [2.24, 2.45) is 0 Å². The van der Waals surface area contributed by atoms with Crippen molar-refractivity contribution in [3.05, 3.63) is 29.6 Å². The quantitative estimate of drug-likeness (QED) is 0.889. The van der Waals surface area contributed by atoms with Crippen LogP contribution in [0.1, 0.15) is 11.4 Å². The lowest BCUT2D eigenvalue weighted by Crippen LogP contribution is -2.50. The largest absolute Gasteiger partial charge is 0.395 e. The first kappa shape index (κ1) is 16.6. The Kier molecular flexibility index (Phi) is 4.92. The molecule has 2 aromatic rings. The molecule has 0 saturated carbocycles. The molecule has 0 unspecified atom stereocenters. The Morgan fingerprint density at radius 1 is 1.12 bits per heavy atom. The summed E-state index contributed by atoms with van der Waals surface area (Å²) in [5.41, 5.74) is 4.14. The van der Waals surface area contributed by atoms with E-state index in [4.69, 9.17) is 5.11 Å². The Morgan fingerprint density at radius 3 is 2.46 bits per heavy atom. The number of aliphatic hydroxyl groups excluding tert-OH is 1. The second kappa shape index (κ2) is 7.11. The molecule has 1 fully saturated rings. The standard InChI is InChI=1S/C17H23N5O2/c1-12-13(2)19-16-11-14(3-4-15(16)18-12)20-17(24)22-7-5-21(6-8-22)9-10-23/h3-4,11,23H,5-10H2,1-2H3,(H,20,24). The highest BCUT2D eigenvalue weighted by molar-refractivity contribution is 5.92. The number of aromatic nitrogens is 2.